The van der Waals surface area contributed by atoms with Crippen molar-refractivity contribution in [3.05, 3.63) is 53.6 Å². The minimum atomic E-state index is 0.315. The van der Waals surface area contributed by atoms with Crippen LogP contribution < -0.4 is 20.5 Å². The standard InChI is InChI=1S/C15H16N2O2/c16-13-3-1-2-11(6-13)8-17-9-12-4-5-14-15(7-12)19-10-18-14/h1-7,17H,8-10,16H2. The van der Waals surface area contributed by atoms with E-state index in [1.165, 1.54) is 11.1 Å². The van der Waals surface area contributed by atoms with Crippen molar-refractivity contribution in [3.8, 4) is 11.5 Å². The van der Waals surface area contributed by atoms with Gasteiger partial charge in [0.25, 0.3) is 0 Å². The number of anilines is 1. The predicted octanol–water partition coefficient (Wildman–Crippen LogP) is 2.29. The SMILES string of the molecule is Nc1cccc(CNCc2ccc3c(c2)OCO3)c1. The summed E-state index contributed by atoms with van der Waals surface area (Å²) in [5, 5.41) is 3.38. The van der Waals surface area contributed by atoms with Gasteiger partial charge in [0.15, 0.2) is 11.5 Å². The molecule has 3 N–H and O–H groups in total. The normalized spacial score (nSPS) is 12.6. The van der Waals surface area contributed by atoms with Crippen LogP contribution in [0.3, 0.4) is 0 Å². The Labute approximate surface area is 112 Å². The molecule has 0 radical (unpaired) electrons. The molecule has 19 heavy (non-hydrogen) atoms. The lowest BCUT2D eigenvalue weighted by atomic mass is 10.1. The van der Waals surface area contributed by atoms with Gasteiger partial charge in [-0.1, -0.05) is 18.2 Å². The Hall–Kier alpha value is -2.20. The van der Waals surface area contributed by atoms with Gasteiger partial charge in [0.1, 0.15) is 0 Å². The summed E-state index contributed by atoms with van der Waals surface area (Å²) in [6.07, 6.45) is 0. The van der Waals surface area contributed by atoms with Gasteiger partial charge in [-0.2, -0.15) is 0 Å². The largest absolute Gasteiger partial charge is 0.454 e. The second-order valence-corrected chi connectivity index (χ2v) is 4.54. The van der Waals surface area contributed by atoms with Crippen LogP contribution >= 0.6 is 0 Å². The molecule has 2 aromatic rings. The number of benzene rings is 2. The van der Waals surface area contributed by atoms with Gasteiger partial charge < -0.3 is 20.5 Å². The van der Waals surface area contributed by atoms with E-state index in [4.69, 9.17) is 15.2 Å². The van der Waals surface area contributed by atoms with E-state index in [1.54, 1.807) is 0 Å². The first-order valence-electron chi connectivity index (χ1n) is 6.25. The monoisotopic (exact) mass is 256 g/mol. The lowest BCUT2D eigenvalue weighted by Crippen LogP contribution is -2.12. The van der Waals surface area contributed by atoms with Gasteiger partial charge in [0.05, 0.1) is 0 Å². The minimum Gasteiger partial charge on any atom is -0.454 e. The van der Waals surface area contributed by atoms with Gasteiger partial charge in [-0.25, -0.2) is 0 Å². The van der Waals surface area contributed by atoms with E-state index < -0.39 is 0 Å². The summed E-state index contributed by atoms with van der Waals surface area (Å²) >= 11 is 0. The molecule has 0 saturated heterocycles. The molecule has 0 aromatic heterocycles. The van der Waals surface area contributed by atoms with Crippen LogP contribution in [0.2, 0.25) is 0 Å². The topological polar surface area (TPSA) is 56.5 Å². The number of nitrogens with two attached hydrogens (primary N) is 1. The lowest BCUT2D eigenvalue weighted by molar-refractivity contribution is 0.174. The summed E-state index contributed by atoms with van der Waals surface area (Å²) in [5.41, 5.74) is 8.89. The molecule has 0 amide bonds. The van der Waals surface area contributed by atoms with Gasteiger partial charge in [-0.3, -0.25) is 0 Å². The fourth-order valence-corrected chi connectivity index (χ4v) is 2.11. The van der Waals surface area contributed by atoms with E-state index >= 15 is 0 Å². The molecular formula is C15H16N2O2. The van der Waals surface area contributed by atoms with E-state index in [1.807, 2.05) is 36.4 Å². The molecule has 0 atom stereocenters. The Morgan fingerprint density at radius 1 is 0.947 bits per heavy atom. The first-order valence-corrected chi connectivity index (χ1v) is 6.25. The third-order valence-corrected chi connectivity index (χ3v) is 3.05. The zero-order valence-corrected chi connectivity index (χ0v) is 10.6. The van der Waals surface area contributed by atoms with Crippen LogP contribution in [-0.2, 0) is 13.1 Å². The number of nitrogen functional groups attached to an aromatic ring is 1. The van der Waals surface area contributed by atoms with Crippen LogP contribution in [0.25, 0.3) is 0 Å². The maximum atomic E-state index is 5.74. The summed E-state index contributed by atoms with van der Waals surface area (Å²) in [5.74, 6) is 1.64. The summed E-state index contributed by atoms with van der Waals surface area (Å²) in [6.45, 7) is 1.89. The predicted molar refractivity (Wildman–Crippen MR) is 74.0 cm³/mol. The molecule has 1 aliphatic heterocycles. The van der Waals surface area contributed by atoms with Gasteiger partial charge in [-0.05, 0) is 35.4 Å². The fraction of sp³-hybridized carbons (Fsp3) is 0.200. The van der Waals surface area contributed by atoms with Gasteiger partial charge >= 0.3 is 0 Å². The van der Waals surface area contributed by atoms with Crippen molar-refractivity contribution in [2.75, 3.05) is 12.5 Å². The Balaban J connectivity index is 1.58. The van der Waals surface area contributed by atoms with Crippen LogP contribution in [0.4, 0.5) is 5.69 Å². The van der Waals surface area contributed by atoms with Crippen molar-refractivity contribution < 1.29 is 9.47 Å². The van der Waals surface area contributed by atoms with Crippen molar-refractivity contribution in [1.29, 1.82) is 0 Å². The van der Waals surface area contributed by atoms with Crippen molar-refractivity contribution >= 4 is 5.69 Å². The van der Waals surface area contributed by atoms with Gasteiger partial charge in [0.2, 0.25) is 6.79 Å². The highest BCUT2D eigenvalue weighted by Gasteiger charge is 2.12. The van der Waals surface area contributed by atoms with E-state index in [-0.39, 0.29) is 0 Å². The number of hydrogen-bond acceptors (Lipinski definition) is 4. The van der Waals surface area contributed by atoms with Crippen molar-refractivity contribution in [2.45, 2.75) is 13.1 Å². The lowest BCUT2D eigenvalue weighted by Gasteiger charge is -2.06. The van der Waals surface area contributed by atoms with Crippen molar-refractivity contribution in [3.63, 3.8) is 0 Å². The number of rotatable bonds is 4. The number of hydrogen-bond donors (Lipinski definition) is 2. The average molecular weight is 256 g/mol. The molecule has 0 fully saturated rings. The molecule has 0 unspecified atom stereocenters. The van der Waals surface area contributed by atoms with E-state index in [2.05, 4.69) is 11.4 Å². The number of ether oxygens (including phenoxy) is 2. The van der Waals surface area contributed by atoms with Crippen LogP contribution in [0.15, 0.2) is 42.5 Å². The number of fused-ring (bicyclic) bond motifs is 1. The van der Waals surface area contributed by atoms with Crippen molar-refractivity contribution in [1.82, 2.24) is 5.32 Å². The Morgan fingerprint density at radius 3 is 2.58 bits per heavy atom. The maximum Gasteiger partial charge on any atom is 0.231 e. The van der Waals surface area contributed by atoms with E-state index in [9.17, 15) is 0 Å². The summed E-state index contributed by atoms with van der Waals surface area (Å²) in [6, 6.07) is 13.9. The molecule has 0 bridgehead atoms. The fourth-order valence-electron chi connectivity index (χ4n) is 2.11. The zero-order valence-electron chi connectivity index (χ0n) is 10.6. The molecule has 2 aromatic carbocycles. The second kappa shape index (κ2) is 5.20. The molecule has 4 heteroatoms. The highest BCUT2D eigenvalue weighted by atomic mass is 16.7. The molecule has 3 rings (SSSR count). The highest BCUT2D eigenvalue weighted by Crippen LogP contribution is 2.32. The molecule has 1 aliphatic rings. The molecule has 0 aliphatic carbocycles. The molecule has 0 spiro atoms. The Bertz CT molecular complexity index is 584. The molecular weight excluding hydrogens is 240 g/mol. The molecule has 0 saturated carbocycles. The molecule has 98 valence electrons. The van der Waals surface area contributed by atoms with Crippen LogP contribution in [-0.4, -0.2) is 6.79 Å². The first kappa shape index (κ1) is 11.9. The quantitative estimate of drug-likeness (QED) is 0.824. The van der Waals surface area contributed by atoms with Gasteiger partial charge in [0, 0.05) is 18.8 Å². The molecule has 1 heterocycles. The number of nitrogens with one attached hydrogen (secondary N) is 1. The van der Waals surface area contributed by atoms with Gasteiger partial charge in [-0.15, -0.1) is 0 Å². The maximum absolute atomic E-state index is 5.74. The second-order valence-electron chi connectivity index (χ2n) is 4.54. The average Bonchev–Trinajstić information content (AvgIpc) is 2.86. The van der Waals surface area contributed by atoms with Crippen LogP contribution in [0.5, 0.6) is 11.5 Å². The third kappa shape index (κ3) is 2.80. The zero-order chi connectivity index (χ0) is 13.1. The summed E-state index contributed by atoms with van der Waals surface area (Å²) < 4.78 is 10.6. The van der Waals surface area contributed by atoms with Crippen LogP contribution in [0.1, 0.15) is 11.1 Å². The van der Waals surface area contributed by atoms with E-state index in [0.717, 1.165) is 30.3 Å². The molecule has 4 nitrogen and oxygen atoms in total. The van der Waals surface area contributed by atoms with Crippen LogP contribution in [0, 0.1) is 0 Å². The Morgan fingerprint density at radius 2 is 1.74 bits per heavy atom. The third-order valence-electron chi connectivity index (χ3n) is 3.05. The van der Waals surface area contributed by atoms with E-state index in [0.29, 0.717) is 6.79 Å². The minimum absolute atomic E-state index is 0.315. The summed E-state index contributed by atoms with van der Waals surface area (Å²) in [7, 11) is 0. The van der Waals surface area contributed by atoms with Crippen molar-refractivity contribution in [2.24, 2.45) is 0 Å². The Kier molecular flexibility index (Phi) is 3.25. The first-order chi connectivity index (χ1) is 9.31. The summed E-state index contributed by atoms with van der Waals surface area (Å²) in [4.78, 5) is 0. The highest BCUT2D eigenvalue weighted by molar-refractivity contribution is 5.44. The smallest absolute Gasteiger partial charge is 0.231 e.